The van der Waals surface area contributed by atoms with E-state index in [0.717, 1.165) is 22.0 Å². The van der Waals surface area contributed by atoms with Crippen LogP contribution in [-0.4, -0.2) is 10.1 Å². The molecular formula is C17H13Cl2NO. The molecule has 0 aliphatic carbocycles. The van der Waals surface area contributed by atoms with E-state index in [1.54, 1.807) is 18.3 Å². The Bertz CT molecular complexity index is 789. The summed E-state index contributed by atoms with van der Waals surface area (Å²) < 4.78 is 0. The van der Waals surface area contributed by atoms with E-state index in [1.165, 1.54) is 0 Å². The van der Waals surface area contributed by atoms with Crippen LogP contribution < -0.4 is 0 Å². The van der Waals surface area contributed by atoms with E-state index in [2.05, 4.69) is 4.98 Å². The van der Waals surface area contributed by atoms with Gasteiger partial charge in [0.2, 0.25) is 0 Å². The van der Waals surface area contributed by atoms with E-state index >= 15 is 0 Å². The highest BCUT2D eigenvalue weighted by molar-refractivity contribution is 6.35. The Labute approximate surface area is 133 Å². The Morgan fingerprint density at radius 3 is 2.71 bits per heavy atom. The molecule has 1 N–H and O–H groups in total. The molecule has 0 saturated carbocycles. The maximum Gasteiger partial charge on any atom is 0.0831 e. The van der Waals surface area contributed by atoms with Crippen molar-refractivity contribution in [2.24, 2.45) is 0 Å². The first-order chi connectivity index (χ1) is 10.1. The van der Waals surface area contributed by atoms with Crippen LogP contribution in [0.1, 0.15) is 17.2 Å². The molecule has 3 rings (SSSR count). The standard InChI is InChI=1S/C17H13Cl2NO/c18-14-6-5-12(15(19)10-14)9-17(21)13-4-3-11-2-1-7-20-16(11)8-13/h1-8,10,17,21H,9H2. The zero-order valence-electron chi connectivity index (χ0n) is 11.1. The van der Waals surface area contributed by atoms with Gasteiger partial charge in [0.15, 0.2) is 0 Å². The first-order valence-electron chi connectivity index (χ1n) is 6.60. The molecule has 1 aromatic heterocycles. The van der Waals surface area contributed by atoms with Crippen LogP contribution in [0, 0.1) is 0 Å². The van der Waals surface area contributed by atoms with E-state index in [4.69, 9.17) is 23.2 Å². The van der Waals surface area contributed by atoms with Crippen molar-refractivity contribution in [1.29, 1.82) is 0 Å². The minimum absolute atomic E-state index is 0.439. The van der Waals surface area contributed by atoms with Crippen LogP contribution in [0.4, 0.5) is 0 Å². The molecule has 1 unspecified atom stereocenters. The van der Waals surface area contributed by atoms with Gasteiger partial charge in [0.1, 0.15) is 0 Å². The van der Waals surface area contributed by atoms with Crippen LogP contribution in [-0.2, 0) is 6.42 Å². The molecule has 1 atom stereocenters. The molecule has 2 aromatic carbocycles. The van der Waals surface area contributed by atoms with Gasteiger partial charge in [-0.05, 0) is 35.4 Å². The quantitative estimate of drug-likeness (QED) is 0.751. The topological polar surface area (TPSA) is 33.1 Å². The Hall–Kier alpha value is -1.61. The van der Waals surface area contributed by atoms with E-state index in [9.17, 15) is 5.11 Å². The molecule has 0 amide bonds. The van der Waals surface area contributed by atoms with Crippen molar-refractivity contribution < 1.29 is 5.11 Å². The summed E-state index contributed by atoms with van der Waals surface area (Å²) in [4.78, 5) is 4.31. The highest BCUT2D eigenvalue weighted by atomic mass is 35.5. The number of halogens is 2. The molecule has 21 heavy (non-hydrogen) atoms. The van der Waals surface area contributed by atoms with Crippen LogP contribution in [0.2, 0.25) is 10.0 Å². The SMILES string of the molecule is OC(Cc1ccc(Cl)cc1Cl)c1ccc2cccnc2c1. The lowest BCUT2D eigenvalue weighted by Crippen LogP contribution is -2.02. The zero-order chi connectivity index (χ0) is 14.8. The fraction of sp³-hybridized carbons (Fsp3) is 0.118. The first-order valence-corrected chi connectivity index (χ1v) is 7.36. The minimum Gasteiger partial charge on any atom is -0.388 e. The number of nitrogens with zero attached hydrogens (tertiary/aromatic N) is 1. The summed E-state index contributed by atoms with van der Waals surface area (Å²) in [5, 5.41) is 12.6. The lowest BCUT2D eigenvalue weighted by molar-refractivity contribution is 0.178. The highest BCUT2D eigenvalue weighted by Crippen LogP contribution is 2.27. The molecule has 106 valence electrons. The first kappa shape index (κ1) is 14.3. The van der Waals surface area contributed by atoms with E-state index in [0.29, 0.717) is 16.5 Å². The Morgan fingerprint density at radius 2 is 1.90 bits per heavy atom. The van der Waals surface area contributed by atoms with Crippen molar-refractivity contribution in [1.82, 2.24) is 4.98 Å². The largest absolute Gasteiger partial charge is 0.388 e. The molecule has 0 aliphatic heterocycles. The number of aromatic nitrogens is 1. The molecule has 1 heterocycles. The van der Waals surface area contributed by atoms with Gasteiger partial charge in [-0.15, -0.1) is 0 Å². The molecule has 0 spiro atoms. The third-order valence-electron chi connectivity index (χ3n) is 3.44. The monoisotopic (exact) mass is 317 g/mol. The summed E-state index contributed by atoms with van der Waals surface area (Å²) in [6.45, 7) is 0. The minimum atomic E-state index is -0.630. The summed E-state index contributed by atoms with van der Waals surface area (Å²) >= 11 is 12.0. The number of hydrogen-bond donors (Lipinski definition) is 1. The molecule has 0 saturated heterocycles. The van der Waals surface area contributed by atoms with Gasteiger partial charge in [-0.25, -0.2) is 0 Å². The number of hydrogen-bond acceptors (Lipinski definition) is 2. The Balaban J connectivity index is 1.87. The van der Waals surface area contributed by atoms with Crippen molar-refractivity contribution in [2.45, 2.75) is 12.5 Å². The molecule has 2 nitrogen and oxygen atoms in total. The van der Waals surface area contributed by atoms with Gasteiger partial charge >= 0.3 is 0 Å². The summed E-state index contributed by atoms with van der Waals surface area (Å²) in [6, 6.07) is 15.0. The van der Waals surface area contributed by atoms with Crippen LogP contribution >= 0.6 is 23.2 Å². The van der Waals surface area contributed by atoms with Gasteiger partial charge in [-0.1, -0.05) is 47.5 Å². The fourth-order valence-electron chi connectivity index (χ4n) is 2.30. The smallest absolute Gasteiger partial charge is 0.0831 e. The van der Waals surface area contributed by atoms with Crippen LogP contribution in [0.5, 0.6) is 0 Å². The Kier molecular flexibility index (Phi) is 4.11. The van der Waals surface area contributed by atoms with Crippen molar-refractivity contribution in [3.05, 3.63) is 75.9 Å². The average molecular weight is 318 g/mol. The summed E-state index contributed by atoms with van der Waals surface area (Å²) in [5.41, 5.74) is 2.57. The second kappa shape index (κ2) is 6.02. The predicted octanol–water partition coefficient (Wildman–Crippen LogP) is 4.82. The number of fused-ring (bicyclic) bond motifs is 1. The number of rotatable bonds is 3. The number of aliphatic hydroxyl groups excluding tert-OH is 1. The lowest BCUT2D eigenvalue weighted by atomic mass is 10.00. The third kappa shape index (κ3) is 3.18. The van der Waals surface area contributed by atoms with Gasteiger partial charge in [0, 0.05) is 28.0 Å². The van der Waals surface area contributed by atoms with E-state index in [1.807, 2.05) is 36.4 Å². The fourth-order valence-corrected chi connectivity index (χ4v) is 2.79. The van der Waals surface area contributed by atoms with Crippen molar-refractivity contribution in [2.75, 3.05) is 0 Å². The van der Waals surface area contributed by atoms with Crippen LogP contribution in [0.25, 0.3) is 10.9 Å². The van der Waals surface area contributed by atoms with Crippen molar-refractivity contribution in [3.8, 4) is 0 Å². The van der Waals surface area contributed by atoms with Gasteiger partial charge in [-0.2, -0.15) is 0 Å². The maximum atomic E-state index is 10.4. The molecule has 0 aliphatic rings. The number of pyridine rings is 1. The number of aliphatic hydroxyl groups is 1. The maximum absolute atomic E-state index is 10.4. The molecule has 4 heteroatoms. The van der Waals surface area contributed by atoms with Gasteiger partial charge in [-0.3, -0.25) is 4.98 Å². The average Bonchev–Trinajstić information content (AvgIpc) is 2.49. The van der Waals surface area contributed by atoms with Gasteiger partial charge < -0.3 is 5.11 Å². The Morgan fingerprint density at radius 1 is 1.05 bits per heavy atom. The van der Waals surface area contributed by atoms with Crippen LogP contribution in [0.3, 0.4) is 0 Å². The summed E-state index contributed by atoms with van der Waals surface area (Å²) in [5.74, 6) is 0. The number of benzene rings is 2. The van der Waals surface area contributed by atoms with Crippen molar-refractivity contribution in [3.63, 3.8) is 0 Å². The van der Waals surface area contributed by atoms with E-state index < -0.39 is 6.10 Å². The summed E-state index contributed by atoms with van der Waals surface area (Å²) in [6.07, 6.45) is 1.55. The lowest BCUT2D eigenvalue weighted by Gasteiger charge is -2.13. The molecular weight excluding hydrogens is 305 g/mol. The third-order valence-corrected chi connectivity index (χ3v) is 4.03. The highest BCUT2D eigenvalue weighted by Gasteiger charge is 2.12. The molecule has 0 fully saturated rings. The van der Waals surface area contributed by atoms with E-state index in [-0.39, 0.29) is 0 Å². The predicted molar refractivity (Wildman–Crippen MR) is 86.9 cm³/mol. The van der Waals surface area contributed by atoms with Crippen molar-refractivity contribution >= 4 is 34.1 Å². The second-order valence-corrected chi connectivity index (χ2v) is 5.75. The zero-order valence-corrected chi connectivity index (χ0v) is 12.6. The molecule has 0 bridgehead atoms. The normalized spacial score (nSPS) is 12.5. The second-order valence-electron chi connectivity index (χ2n) is 4.91. The molecule has 3 aromatic rings. The summed E-state index contributed by atoms with van der Waals surface area (Å²) in [7, 11) is 0. The van der Waals surface area contributed by atoms with Gasteiger partial charge in [0.25, 0.3) is 0 Å². The van der Waals surface area contributed by atoms with Crippen LogP contribution in [0.15, 0.2) is 54.7 Å². The van der Waals surface area contributed by atoms with Gasteiger partial charge in [0.05, 0.1) is 11.6 Å². The molecule has 0 radical (unpaired) electrons.